The molecule has 0 fully saturated rings. The van der Waals surface area contributed by atoms with E-state index < -0.39 is 11.5 Å². The molecule has 0 spiro atoms. The lowest BCUT2D eigenvalue weighted by molar-refractivity contribution is -0.117. The molecule has 0 unspecified atom stereocenters. The maximum Gasteiger partial charge on any atom is 0.294 e. The predicted molar refractivity (Wildman–Crippen MR) is 118 cm³/mol. The van der Waals surface area contributed by atoms with Crippen molar-refractivity contribution in [2.75, 3.05) is 18.5 Å². The fourth-order valence-corrected chi connectivity index (χ4v) is 4.35. The van der Waals surface area contributed by atoms with Crippen molar-refractivity contribution in [3.8, 4) is 22.8 Å². The van der Waals surface area contributed by atoms with Crippen LogP contribution in [0.2, 0.25) is 0 Å². The molecule has 2 aromatic carbocycles. The zero-order valence-corrected chi connectivity index (χ0v) is 17.7. The van der Waals surface area contributed by atoms with Gasteiger partial charge >= 0.3 is 0 Å². The van der Waals surface area contributed by atoms with Crippen molar-refractivity contribution in [3.63, 3.8) is 0 Å². The van der Waals surface area contributed by atoms with Crippen molar-refractivity contribution < 1.29 is 18.7 Å². The lowest BCUT2D eigenvalue weighted by Gasteiger charge is -2.19. The number of thiazole rings is 1. The van der Waals surface area contributed by atoms with Crippen LogP contribution in [0, 0.1) is 12.7 Å². The summed E-state index contributed by atoms with van der Waals surface area (Å²) in [6, 6.07) is 10.9. The van der Waals surface area contributed by atoms with Gasteiger partial charge in [0.25, 0.3) is 5.56 Å². The molecule has 32 heavy (non-hydrogen) atoms. The van der Waals surface area contributed by atoms with Crippen LogP contribution < -0.4 is 20.3 Å². The smallest absolute Gasteiger partial charge is 0.294 e. The molecule has 1 N–H and O–H groups in total. The summed E-state index contributed by atoms with van der Waals surface area (Å²) in [4.78, 5) is 29.9. The van der Waals surface area contributed by atoms with Gasteiger partial charge in [-0.05, 0) is 43.3 Å². The standard InChI is InChI=1S/C22H17FN4O4S/c1-12-24-20-21(32-12)19(13-2-4-14(23)5-3-13)26-27(22(20)29)11-18(28)25-15-6-7-16-17(10-15)31-9-8-30-16/h2-7,10H,8-9,11H2,1H3,(H,25,28). The summed E-state index contributed by atoms with van der Waals surface area (Å²) >= 11 is 1.33. The Bertz CT molecular complexity index is 1400. The zero-order chi connectivity index (χ0) is 22.2. The summed E-state index contributed by atoms with van der Waals surface area (Å²) in [6.45, 7) is 2.39. The van der Waals surface area contributed by atoms with Crippen LogP contribution in [-0.4, -0.2) is 33.9 Å². The number of anilines is 1. The van der Waals surface area contributed by atoms with Crippen LogP contribution in [0.3, 0.4) is 0 Å². The normalized spacial score (nSPS) is 12.7. The lowest BCUT2D eigenvalue weighted by Crippen LogP contribution is -2.30. The van der Waals surface area contributed by atoms with E-state index in [9.17, 15) is 14.0 Å². The monoisotopic (exact) mass is 452 g/mol. The quantitative estimate of drug-likeness (QED) is 0.510. The van der Waals surface area contributed by atoms with Gasteiger partial charge in [-0.25, -0.2) is 14.1 Å². The minimum atomic E-state index is -0.465. The number of hydrogen-bond donors (Lipinski definition) is 1. The molecule has 1 aliphatic heterocycles. The minimum Gasteiger partial charge on any atom is -0.486 e. The van der Waals surface area contributed by atoms with E-state index in [1.54, 1.807) is 37.3 Å². The van der Waals surface area contributed by atoms with Crippen LogP contribution in [0.15, 0.2) is 47.3 Å². The van der Waals surface area contributed by atoms with Gasteiger partial charge in [0.05, 0.1) is 9.71 Å². The van der Waals surface area contributed by atoms with Crippen molar-refractivity contribution in [1.82, 2.24) is 14.8 Å². The minimum absolute atomic E-state index is 0.231. The highest BCUT2D eigenvalue weighted by Gasteiger charge is 2.19. The third kappa shape index (κ3) is 3.80. The Morgan fingerprint density at radius 3 is 2.69 bits per heavy atom. The first kappa shape index (κ1) is 20.1. The number of amides is 1. The largest absolute Gasteiger partial charge is 0.486 e. The van der Waals surface area contributed by atoms with E-state index in [4.69, 9.17) is 9.47 Å². The molecule has 0 radical (unpaired) electrons. The number of hydrogen-bond acceptors (Lipinski definition) is 7. The number of rotatable bonds is 4. The van der Waals surface area contributed by atoms with Gasteiger partial charge in [-0.1, -0.05) is 0 Å². The van der Waals surface area contributed by atoms with Crippen LogP contribution in [0.25, 0.3) is 21.5 Å². The second-order valence-electron chi connectivity index (χ2n) is 7.14. The summed E-state index contributed by atoms with van der Waals surface area (Å²) in [6.07, 6.45) is 0. The van der Waals surface area contributed by atoms with E-state index in [0.29, 0.717) is 51.4 Å². The van der Waals surface area contributed by atoms with Gasteiger partial charge in [0.1, 0.15) is 31.3 Å². The summed E-state index contributed by atoms with van der Waals surface area (Å²) in [7, 11) is 0. The molecule has 0 aliphatic carbocycles. The topological polar surface area (TPSA) is 95.3 Å². The number of ether oxygens (including phenoxy) is 2. The van der Waals surface area contributed by atoms with E-state index in [0.717, 1.165) is 4.68 Å². The van der Waals surface area contributed by atoms with Gasteiger partial charge < -0.3 is 14.8 Å². The second-order valence-corrected chi connectivity index (χ2v) is 8.34. The highest BCUT2D eigenvalue weighted by atomic mass is 32.1. The average Bonchev–Trinajstić information content (AvgIpc) is 3.18. The van der Waals surface area contributed by atoms with Crippen LogP contribution in [0.4, 0.5) is 10.1 Å². The fraction of sp³-hybridized carbons (Fsp3) is 0.182. The lowest BCUT2D eigenvalue weighted by atomic mass is 10.1. The Morgan fingerprint density at radius 2 is 1.91 bits per heavy atom. The van der Waals surface area contributed by atoms with E-state index >= 15 is 0 Å². The van der Waals surface area contributed by atoms with Crippen LogP contribution >= 0.6 is 11.3 Å². The Labute approximate surface area is 185 Å². The molecule has 162 valence electrons. The highest BCUT2D eigenvalue weighted by molar-refractivity contribution is 7.19. The predicted octanol–water partition coefficient (Wildman–Crippen LogP) is 3.38. The molecule has 0 atom stereocenters. The number of carbonyl (C=O) groups excluding carboxylic acids is 1. The van der Waals surface area contributed by atoms with Gasteiger partial charge in [-0.3, -0.25) is 9.59 Å². The van der Waals surface area contributed by atoms with Gasteiger partial charge in [-0.15, -0.1) is 11.3 Å². The van der Waals surface area contributed by atoms with Gasteiger partial charge in [0, 0.05) is 17.3 Å². The van der Waals surface area contributed by atoms with Crippen LogP contribution in [0.5, 0.6) is 11.5 Å². The van der Waals surface area contributed by atoms with Crippen LogP contribution in [-0.2, 0) is 11.3 Å². The van der Waals surface area contributed by atoms with Crippen molar-refractivity contribution in [3.05, 3.63) is 63.6 Å². The first-order chi connectivity index (χ1) is 15.5. The third-order valence-corrected chi connectivity index (χ3v) is 5.82. The number of aryl methyl sites for hydroxylation is 1. The van der Waals surface area contributed by atoms with Crippen molar-refractivity contribution in [2.24, 2.45) is 0 Å². The average molecular weight is 452 g/mol. The van der Waals surface area contributed by atoms with Gasteiger partial charge in [0.2, 0.25) is 5.91 Å². The number of halogens is 1. The SMILES string of the molecule is Cc1nc2c(=O)n(CC(=O)Nc3ccc4c(c3)OCCO4)nc(-c3ccc(F)cc3)c2s1. The van der Waals surface area contributed by atoms with E-state index in [2.05, 4.69) is 15.4 Å². The van der Waals surface area contributed by atoms with Gasteiger partial charge in [-0.2, -0.15) is 5.10 Å². The van der Waals surface area contributed by atoms with Crippen molar-refractivity contribution >= 4 is 33.1 Å². The summed E-state index contributed by atoms with van der Waals surface area (Å²) in [5.41, 5.74) is 1.37. The Balaban J connectivity index is 1.47. The molecular weight excluding hydrogens is 435 g/mol. The molecule has 1 amide bonds. The Morgan fingerprint density at radius 1 is 1.16 bits per heavy atom. The van der Waals surface area contributed by atoms with E-state index in [-0.39, 0.29) is 17.9 Å². The Kier molecular flexibility index (Phi) is 5.06. The van der Waals surface area contributed by atoms with Crippen molar-refractivity contribution in [2.45, 2.75) is 13.5 Å². The molecule has 0 bridgehead atoms. The van der Waals surface area contributed by atoms with Crippen molar-refractivity contribution in [1.29, 1.82) is 0 Å². The molecule has 3 heterocycles. The molecule has 4 aromatic rings. The number of fused-ring (bicyclic) bond motifs is 2. The zero-order valence-electron chi connectivity index (χ0n) is 16.9. The maximum atomic E-state index is 13.4. The highest BCUT2D eigenvalue weighted by Crippen LogP contribution is 2.33. The van der Waals surface area contributed by atoms with Crippen LogP contribution in [0.1, 0.15) is 5.01 Å². The fourth-order valence-electron chi connectivity index (χ4n) is 3.43. The summed E-state index contributed by atoms with van der Waals surface area (Å²) in [5, 5.41) is 7.85. The van der Waals surface area contributed by atoms with E-state index in [1.165, 1.54) is 23.5 Å². The second kappa shape index (κ2) is 8.04. The molecule has 10 heteroatoms. The molecule has 1 aliphatic rings. The maximum absolute atomic E-state index is 13.4. The molecule has 2 aromatic heterocycles. The number of nitrogens with zero attached hydrogens (tertiary/aromatic N) is 3. The molecule has 0 saturated heterocycles. The molecule has 5 rings (SSSR count). The van der Waals surface area contributed by atoms with E-state index in [1.807, 2.05) is 0 Å². The molecular formula is C22H17FN4O4S. The molecule has 0 saturated carbocycles. The molecule has 8 nitrogen and oxygen atoms in total. The third-order valence-electron chi connectivity index (χ3n) is 4.84. The first-order valence-corrected chi connectivity index (χ1v) is 10.6. The number of carbonyl (C=O) groups is 1. The summed E-state index contributed by atoms with van der Waals surface area (Å²) < 4.78 is 26.1. The van der Waals surface area contributed by atoms with Gasteiger partial charge in [0.15, 0.2) is 17.0 Å². The first-order valence-electron chi connectivity index (χ1n) is 9.81. The number of nitrogens with one attached hydrogen (secondary N) is 1. The number of benzene rings is 2. The summed E-state index contributed by atoms with van der Waals surface area (Å²) in [5.74, 6) is 0.341. The number of aromatic nitrogens is 3. The Hall–Kier alpha value is -3.79.